The molecule has 0 aromatic rings. The Kier molecular flexibility index (Phi) is 17.1. The zero-order valence-electron chi connectivity index (χ0n) is 27.7. The SMILES string of the molecule is C=CCNC1=C2C[C@@H](C)C[C@@H](OC)[C@H](OC(=O)CN)[C@H](C)/C=C(\C)[C@@H](OC(N)=O)[C@H](OC)/C=C\C=C(/C)C(=O)NC(=CC1=O)C2=O.Cl. The van der Waals surface area contributed by atoms with Crippen molar-refractivity contribution in [2.45, 2.75) is 65.0 Å². The van der Waals surface area contributed by atoms with Crippen molar-refractivity contribution in [2.75, 3.05) is 27.3 Å². The number of carbonyl (C=O) groups is 5. The number of nitrogens with two attached hydrogens (primary N) is 2. The fourth-order valence-electron chi connectivity index (χ4n) is 5.32. The first-order valence-electron chi connectivity index (χ1n) is 14.9. The lowest BCUT2D eigenvalue weighted by Gasteiger charge is -2.32. The van der Waals surface area contributed by atoms with Crippen LogP contribution in [0.5, 0.6) is 0 Å². The number of esters is 1. The van der Waals surface area contributed by atoms with Gasteiger partial charge < -0.3 is 41.0 Å². The van der Waals surface area contributed by atoms with Crippen LogP contribution in [0.2, 0.25) is 0 Å². The molecule has 2 amide bonds. The molecular weight excluding hydrogens is 632 g/mol. The Morgan fingerprint density at radius 1 is 1.13 bits per heavy atom. The number of ketones is 2. The Morgan fingerprint density at radius 2 is 1.81 bits per heavy atom. The number of nitrogens with one attached hydrogen (secondary N) is 2. The Balaban J connectivity index is 0.0000110. The summed E-state index contributed by atoms with van der Waals surface area (Å²) in [6.07, 6.45) is 5.07. The van der Waals surface area contributed by atoms with E-state index in [9.17, 15) is 24.0 Å². The number of hydrogen-bond acceptors (Lipinski definition) is 11. The molecule has 0 aromatic heterocycles. The third kappa shape index (κ3) is 11.6. The molecular formula is C33H47ClN4O9. The Bertz CT molecular complexity index is 1350. The lowest BCUT2D eigenvalue weighted by atomic mass is 9.85. The van der Waals surface area contributed by atoms with E-state index in [1.807, 2.05) is 6.92 Å². The third-order valence-corrected chi connectivity index (χ3v) is 7.62. The van der Waals surface area contributed by atoms with Crippen molar-refractivity contribution in [3.05, 3.63) is 71.1 Å². The molecule has 0 spiro atoms. The predicted octanol–water partition coefficient (Wildman–Crippen LogP) is 2.47. The van der Waals surface area contributed by atoms with E-state index >= 15 is 0 Å². The largest absolute Gasteiger partial charge is 0.458 e. The second kappa shape index (κ2) is 19.6. The van der Waals surface area contributed by atoms with E-state index in [0.717, 1.165) is 6.08 Å². The van der Waals surface area contributed by atoms with Crippen molar-refractivity contribution in [3.63, 3.8) is 0 Å². The molecule has 1 aliphatic heterocycles. The summed E-state index contributed by atoms with van der Waals surface area (Å²) in [6.45, 7) is 10.5. The normalized spacial score (nSPS) is 29.1. The summed E-state index contributed by atoms with van der Waals surface area (Å²) in [5.74, 6) is -3.00. The van der Waals surface area contributed by atoms with Crippen LogP contribution in [0.1, 0.15) is 40.5 Å². The maximum absolute atomic E-state index is 13.7. The number of hydrogen-bond donors (Lipinski definition) is 4. The summed E-state index contributed by atoms with van der Waals surface area (Å²) < 4.78 is 22.6. The van der Waals surface area contributed by atoms with Crippen LogP contribution in [-0.2, 0) is 38.1 Å². The topological polar surface area (TPSA) is 198 Å². The molecule has 6 atom stereocenters. The first kappa shape index (κ1) is 41.0. The summed E-state index contributed by atoms with van der Waals surface area (Å²) in [7, 11) is 2.89. The van der Waals surface area contributed by atoms with Crippen molar-refractivity contribution in [1.29, 1.82) is 0 Å². The average Bonchev–Trinajstić information content (AvgIpc) is 3.01. The van der Waals surface area contributed by atoms with E-state index in [1.165, 1.54) is 33.3 Å². The van der Waals surface area contributed by atoms with Gasteiger partial charge in [-0.1, -0.05) is 44.2 Å². The fourth-order valence-corrected chi connectivity index (χ4v) is 5.32. The molecule has 1 heterocycles. The highest BCUT2D eigenvalue weighted by atomic mass is 35.5. The van der Waals surface area contributed by atoms with Crippen LogP contribution >= 0.6 is 12.4 Å². The molecule has 0 saturated carbocycles. The van der Waals surface area contributed by atoms with E-state index in [1.54, 1.807) is 32.1 Å². The predicted molar refractivity (Wildman–Crippen MR) is 178 cm³/mol. The number of methoxy groups -OCH3 is 2. The maximum Gasteiger partial charge on any atom is 0.405 e. The standard InChI is InChI=1S/C33H46N4O9.ClH/c1-8-12-36-28-22-13-18(2)14-26(44-7)31(45-27(39)17-34)21(5)15-20(4)30(46-33(35)42)25(43-6)11-9-10-19(3)32(41)37-23(29(22)40)16-24(28)38;/h8-11,15-16,18,21,25-26,30-31,36H,1,12-14,17,34H2,2-7H3,(H2,35,42)(H,37,41);1H/b11-9-,19-10+,20-15+;/t18-,21-,25-,26-,30-,31-;/m1./s1. The van der Waals surface area contributed by atoms with Crippen LogP contribution in [0.3, 0.4) is 0 Å². The van der Waals surface area contributed by atoms with Gasteiger partial charge in [-0.2, -0.15) is 0 Å². The van der Waals surface area contributed by atoms with Gasteiger partial charge in [-0.15, -0.1) is 19.0 Å². The molecule has 0 fully saturated rings. The van der Waals surface area contributed by atoms with Crippen LogP contribution in [0.25, 0.3) is 0 Å². The lowest BCUT2D eigenvalue weighted by molar-refractivity contribution is -0.158. The molecule has 2 bridgehead atoms. The number of allylic oxidation sites excluding steroid dienone is 4. The van der Waals surface area contributed by atoms with Crippen molar-refractivity contribution in [3.8, 4) is 0 Å². The van der Waals surface area contributed by atoms with Gasteiger partial charge in [0.05, 0.1) is 24.0 Å². The molecule has 260 valence electrons. The molecule has 0 saturated heterocycles. The summed E-state index contributed by atoms with van der Waals surface area (Å²) in [4.78, 5) is 64.2. The number of fused-ring (bicyclic) bond motifs is 2. The van der Waals surface area contributed by atoms with Crippen LogP contribution in [0, 0.1) is 11.8 Å². The number of primary amides is 1. The van der Waals surface area contributed by atoms with Gasteiger partial charge in [0.15, 0.2) is 6.10 Å². The number of ether oxygens (including phenoxy) is 4. The molecule has 13 nitrogen and oxygen atoms in total. The van der Waals surface area contributed by atoms with Gasteiger partial charge in [-0.25, -0.2) is 4.79 Å². The Morgan fingerprint density at radius 3 is 2.38 bits per heavy atom. The van der Waals surface area contributed by atoms with E-state index < -0.39 is 59.9 Å². The summed E-state index contributed by atoms with van der Waals surface area (Å²) in [6, 6.07) is 0. The van der Waals surface area contributed by atoms with Crippen LogP contribution in [0.15, 0.2) is 71.1 Å². The zero-order chi connectivity index (χ0) is 34.6. The van der Waals surface area contributed by atoms with Gasteiger partial charge in [0.2, 0.25) is 11.6 Å². The second-order valence-electron chi connectivity index (χ2n) is 11.3. The Hall–Kier alpha value is -4.04. The highest BCUT2D eigenvalue weighted by Crippen LogP contribution is 2.30. The number of carbonyl (C=O) groups excluding carboxylic acids is 5. The monoisotopic (exact) mass is 678 g/mol. The maximum atomic E-state index is 13.7. The summed E-state index contributed by atoms with van der Waals surface area (Å²) >= 11 is 0. The van der Waals surface area contributed by atoms with Crippen molar-refractivity contribution in [1.82, 2.24) is 10.6 Å². The van der Waals surface area contributed by atoms with Gasteiger partial charge in [-0.05, 0) is 38.2 Å². The molecule has 47 heavy (non-hydrogen) atoms. The summed E-state index contributed by atoms with van der Waals surface area (Å²) in [5, 5.41) is 5.52. The number of Topliss-reactive ketones (excluding diaryl/α,β-unsaturated/α-hetero) is 1. The Labute approximate surface area is 281 Å². The van der Waals surface area contributed by atoms with Gasteiger partial charge in [0, 0.05) is 43.9 Å². The minimum Gasteiger partial charge on any atom is -0.458 e. The molecule has 14 heteroatoms. The molecule has 2 rings (SSSR count). The van der Waals surface area contributed by atoms with E-state index in [2.05, 4.69) is 17.2 Å². The van der Waals surface area contributed by atoms with Crippen LogP contribution in [0.4, 0.5) is 4.79 Å². The van der Waals surface area contributed by atoms with Gasteiger partial charge >= 0.3 is 12.1 Å². The molecule has 6 N–H and O–H groups in total. The van der Waals surface area contributed by atoms with E-state index in [4.69, 9.17) is 30.4 Å². The zero-order valence-corrected chi connectivity index (χ0v) is 28.5. The first-order valence-corrected chi connectivity index (χ1v) is 14.9. The lowest BCUT2D eigenvalue weighted by Crippen LogP contribution is -2.41. The number of rotatable bonds is 8. The van der Waals surface area contributed by atoms with E-state index in [0.29, 0.717) is 12.0 Å². The van der Waals surface area contributed by atoms with E-state index in [-0.39, 0.29) is 60.4 Å². The van der Waals surface area contributed by atoms with Crippen molar-refractivity contribution < 1.29 is 42.9 Å². The average molecular weight is 679 g/mol. The molecule has 0 radical (unpaired) electrons. The summed E-state index contributed by atoms with van der Waals surface area (Å²) in [5.41, 5.74) is 11.9. The quantitative estimate of drug-likeness (QED) is 0.167. The smallest absolute Gasteiger partial charge is 0.405 e. The number of halogens is 1. The fraction of sp³-hybridized carbons (Fsp3) is 0.485. The van der Waals surface area contributed by atoms with Crippen LogP contribution < -0.4 is 22.1 Å². The molecule has 0 aromatic carbocycles. The minimum atomic E-state index is -1.03. The van der Waals surface area contributed by atoms with Gasteiger partial charge in [0.25, 0.3) is 5.91 Å². The number of amides is 2. The third-order valence-electron chi connectivity index (χ3n) is 7.62. The second-order valence-corrected chi connectivity index (χ2v) is 11.3. The van der Waals surface area contributed by atoms with Crippen LogP contribution in [-0.4, -0.2) is 81.3 Å². The van der Waals surface area contributed by atoms with Gasteiger partial charge in [0.1, 0.15) is 12.2 Å². The molecule has 2 aliphatic rings. The molecule has 0 unspecified atom stereocenters. The van der Waals surface area contributed by atoms with Gasteiger partial charge in [-0.3, -0.25) is 19.2 Å². The highest BCUT2D eigenvalue weighted by Gasteiger charge is 2.35. The minimum absolute atomic E-state index is 0. The highest BCUT2D eigenvalue weighted by molar-refractivity contribution is 6.23. The van der Waals surface area contributed by atoms with Crippen molar-refractivity contribution in [2.24, 2.45) is 23.3 Å². The molecule has 1 aliphatic carbocycles. The van der Waals surface area contributed by atoms with Crippen molar-refractivity contribution >= 4 is 41.9 Å². The first-order chi connectivity index (χ1) is 21.8.